The summed E-state index contributed by atoms with van der Waals surface area (Å²) in [5, 5.41) is 8.93. The minimum absolute atomic E-state index is 0.120. The number of nitrogens with zero attached hydrogens (tertiary/aromatic N) is 4. The van der Waals surface area contributed by atoms with E-state index < -0.39 is 0 Å². The van der Waals surface area contributed by atoms with Crippen LogP contribution in [0.25, 0.3) is 11.0 Å². The van der Waals surface area contributed by atoms with Crippen molar-refractivity contribution >= 4 is 22.8 Å². The Morgan fingerprint density at radius 3 is 2.83 bits per heavy atom. The van der Waals surface area contributed by atoms with Gasteiger partial charge in [0.2, 0.25) is 11.8 Å². The molecule has 0 radical (unpaired) electrons. The highest BCUT2D eigenvalue weighted by Crippen LogP contribution is 2.31. The molecule has 7 nitrogen and oxygen atoms in total. The summed E-state index contributed by atoms with van der Waals surface area (Å²) in [6, 6.07) is 3.98. The van der Waals surface area contributed by atoms with Gasteiger partial charge in [-0.2, -0.15) is 5.10 Å². The maximum atomic E-state index is 12.2. The van der Waals surface area contributed by atoms with E-state index in [2.05, 4.69) is 16.4 Å². The molecule has 2 aliphatic rings. The fourth-order valence-corrected chi connectivity index (χ4v) is 4.78. The van der Waals surface area contributed by atoms with Gasteiger partial charge in [0.25, 0.3) is 0 Å². The highest BCUT2D eigenvalue weighted by molar-refractivity contribution is 5.79. The second-order valence-electron chi connectivity index (χ2n) is 8.47. The van der Waals surface area contributed by atoms with Crippen molar-refractivity contribution in [3.8, 4) is 0 Å². The van der Waals surface area contributed by atoms with Crippen molar-refractivity contribution in [1.29, 1.82) is 0 Å². The van der Waals surface area contributed by atoms with E-state index in [1.165, 1.54) is 25.7 Å². The van der Waals surface area contributed by atoms with E-state index in [-0.39, 0.29) is 17.7 Å². The molecular formula is C22H31N5O2. The number of pyridine rings is 1. The van der Waals surface area contributed by atoms with Gasteiger partial charge in [-0.3, -0.25) is 9.59 Å². The Hall–Kier alpha value is -2.44. The van der Waals surface area contributed by atoms with Crippen LogP contribution in [0, 0.1) is 5.92 Å². The molecule has 1 atom stereocenters. The van der Waals surface area contributed by atoms with Gasteiger partial charge in [0.15, 0.2) is 5.65 Å². The minimum atomic E-state index is 0.120. The van der Waals surface area contributed by atoms with E-state index in [4.69, 9.17) is 5.10 Å². The van der Waals surface area contributed by atoms with E-state index in [1.54, 1.807) is 13.1 Å². The van der Waals surface area contributed by atoms with Crippen LogP contribution in [-0.2, 0) is 16.1 Å². The highest BCUT2D eigenvalue weighted by Gasteiger charge is 2.29. The van der Waals surface area contributed by atoms with Crippen molar-refractivity contribution in [1.82, 2.24) is 25.0 Å². The minimum Gasteiger partial charge on any atom is -0.354 e. The number of fused-ring (bicyclic) bond motifs is 1. The second-order valence-corrected chi connectivity index (χ2v) is 8.47. The molecular weight excluding hydrogens is 366 g/mol. The monoisotopic (exact) mass is 397 g/mol. The van der Waals surface area contributed by atoms with Gasteiger partial charge in [-0.25, -0.2) is 9.67 Å². The van der Waals surface area contributed by atoms with Gasteiger partial charge < -0.3 is 10.2 Å². The lowest BCUT2D eigenvalue weighted by atomic mass is 10.0. The summed E-state index contributed by atoms with van der Waals surface area (Å²) >= 11 is 0. The molecule has 7 heteroatoms. The van der Waals surface area contributed by atoms with Gasteiger partial charge in [0.1, 0.15) is 0 Å². The Morgan fingerprint density at radius 2 is 2.07 bits per heavy atom. The molecule has 0 bridgehead atoms. The van der Waals surface area contributed by atoms with Crippen LogP contribution < -0.4 is 5.32 Å². The molecule has 29 heavy (non-hydrogen) atoms. The van der Waals surface area contributed by atoms with Gasteiger partial charge >= 0.3 is 0 Å². The fraction of sp³-hybridized carbons (Fsp3) is 0.636. The average molecular weight is 398 g/mol. The van der Waals surface area contributed by atoms with Crippen LogP contribution in [0.4, 0.5) is 0 Å². The van der Waals surface area contributed by atoms with E-state index in [0.29, 0.717) is 26.1 Å². The summed E-state index contributed by atoms with van der Waals surface area (Å²) < 4.78 is 1.90. The van der Waals surface area contributed by atoms with Crippen LogP contribution in [0.1, 0.15) is 63.5 Å². The third-order valence-electron chi connectivity index (χ3n) is 6.46. The Labute approximate surface area is 171 Å². The molecule has 4 rings (SSSR count). The molecule has 2 amide bonds. The van der Waals surface area contributed by atoms with Gasteiger partial charge in [-0.15, -0.1) is 0 Å². The highest BCUT2D eigenvalue weighted by atomic mass is 16.2. The number of likely N-dealkylation sites (tertiary alicyclic amines) is 1. The number of hydrogen-bond acceptors (Lipinski definition) is 4. The summed E-state index contributed by atoms with van der Waals surface area (Å²) in [4.78, 5) is 30.3. The normalized spacial score (nSPS) is 19.9. The summed E-state index contributed by atoms with van der Waals surface area (Å²) in [6.07, 6.45) is 9.54. The van der Waals surface area contributed by atoms with Crippen LogP contribution in [-0.4, -0.2) is 51.1 Å². The first-order chi connectivity index (χ1) is 14.1. The topological polar surface area (TPSA) is 80.1 Å². The standard InChI is InChI=1S/C22H31N5O2/c1-16(28)26-13-10-18(15-26)21-19-7-4-11-24-22(19)27(25-21)14-12-23-20(29)9-8-17-5-2-3-6-17/h4,7,11,17-18H,2-3,5-6,8-10,12-15H2,1H3,(H,23,29)/t18-/m1/s1. The predicted octanol–water partition coefficient (Wildman–Crippen LogP) is 2.85. The number of hydrogen-bond donors (Lipinski definition) is 1. The first-order valence-corrected chi connectivity index (χ1v) is 11.0. The van der Waals surface area contributed by atoms with Gasteiger partial charge in [0, 0.05) is 50.5 Å². The third-order valence-corrected chi connectivity index (χ3v) is 6.46. The third kappa shape index (κ3) is 4.60. The molecule has 1 aliphatic carbocycles. The van der Waals surface area contributed by atoms with Gasteiger partial charge in [0.05, 0.1) is 12.2 Å². The number of nitrogens with one attached hydrogen (secondary N) is 1. The zero-order valence-electron chi connectivity index (χ0n) is 17.3. The average Bonchev–Trinajstić information content (AvgIpc) is 3.46. The molecule has 1 aliphatic heterocycles. The largest absolute Gasteiger partial charge is 0.354 e. The number of carbonyl (C=O) groups excluding carboxylic acids is 2. The maximum absolute atomic E-state index is 12.2. The summed E-state index contributed by atoms with van der Waals surface area (Å²) in [7, 11) is 0. The Morgan fingerprint density at radius 1 is 1.24 bits per heavy atom. The molecule has 2 aromatic heterocycles. The maximum Gasteiger partial charge on any atom is 0.220 e. The fourth-order valence-electron chi connectivity index (χ4n) is 4.78. The number of rotatable bonds is 7. The zero-order valence-corrected chi connectivity index (χ0v) is 17.3. The smallest absolute Gasteiger partial charge is 0.220 e. The first kappa shape index (κ1) is 19.9. The summed E-state index contributed by atoms with van der Waals surface area (Å²) in [6.45, 7) is 4.28. The summed E-state index contributed by atoms with van der Waals surface area (Å²) in [5.74, 6) is 1.24. The Bertz CT molecular complexity index is 871. The van der Waals surface area contributed by atoms with Crippen LogP contribution in [0.5, 0.6) is 0 Å². The SMILES string of the molecule is CC(=O)N1CC[C@@H](c2nn(CCNC(=O)CCC3CCCC3)c3ncccc23)C1. The molecule has 0 aromatic carbocycles. The number of amides is 2. The Balaban J connectivity index is 1.36. The van der Waals surface area contributed by atoms with E-state index in [9.17, 15) is 9.59 Å². The van der Waals surface area contributed by atoms with Crippen molar-refractivity contribution < 1.29 is 9.59 Å². The molecule has 0 spiro atoms. The van der Waals surface area contributed by atoms with E-state index in [0.717, 1.165) is 42.0 Å². The van der Waals surface area contributed by atoms with Crippen molar-refractivity contribution in [2.24, 2.45) is 5.92 Å². The number of carbonyl (C=O) groups is 2. The first-order valence-electron chi connectivity index (χ1n) is 11.0. The number of aromatic nitrogens is 3. The van der Waals surface area contributed by atoms with Crippen molar-refractivity contribution in [3.05, 3.63) is 24.0 Å². The molecule has 0 unspecified atom stereocenters. The molecule has 2 aromatic rings. The van der Waals surface area contributed by atoms with Crippen molar-refractivity contribution in [2.75, 3.05) is 19.6 Å². The molecule has 156 valence electrons. The molecule has 3 heterocycles. The van der Waals surface area contributed by atoms with Crippen molar-refractivity contribution in [2.45, 2.75) is 64.3 Å². The molecule has 2 fully saturated rings. The lowest BCUT2D eigenvalue weighted by Gasteiger charge is -2.12. The molecule has 1 saturated heterocycles. The zero-order chi connectivity index (χ0) is 20.2. The van der Waals surface area contributed by atoms with Crippen LogP contribution in [0.3, 0.4) is 0 Å². The van der Waals surface area contributed by atoms with Gasteiger partial charge in [-0.1, -0.05) is 25.7 Å². The van der Waals surface area contributed by atoms with E-state index >= 15 is 0 Å². The summed E-state index contributed by atoms with van der Waals surface area (Å²) in [5.41, 5.74) is 1.87. The lowest BCUT2D eigenvalue weighted by molar-refractivity contribution is -0.127. The predicted molar refractivity (Wildman–Crippen MR) is 111 cm³/mol. The van der Waals surface area contributed by atoms with Crippen LogP contribution in [0.2, 0.25) is 0 Å². The lowest BCUT2D eigenvalue weighted by Crippen LogP contribution is -2.27. The molecule has 1 saturated carbocycles. The van der Waals surface area contributed by atoms with Crippen LogP contribution in [0.15, 0.2) is 18.3 Å². The van der Waals surface area contributed by atoms with E-state index in [1.807, 2.05) is 15.6 Å². The quantitative estimate of drug-likeness (QED) is 0.779. The van der Waals surface area contributed by atoms with Crippen molar-refractivity contribution in [3.63, 3.8) is 0 Å². The van der Waals surface area contributed by atoms with Gasteiger partial charge in [-0.05, 0) is 30.9 Å². The second kappa shape index (κ2) is 8.93. The Kier molecular flexibility index (Phi) is 6.11. The van der Waals surface area contributed by atoms with Crippen LogP contribution >= 0.6 is 0 Å². The molecule has 1 N–H and O–H groups in total.